The normalized spacial score (nSPS) is 9.74. The summed E-state index contributed by atoms with van der Waals surface area (Å²) in [7, 11) is 0. The largest absolute Gasteiger partial charge is 1.00 e. The van der Waals surface area contributed by atoms with E-state index in [1.165, 1.54) is 18.2 Å². The van der Waals surface area contributed by atoms with Gasteiger partial charge in [0, 0.05) is 11.6 Å². The Labute approximate surface area is 124 Å². The average molecular weight is 345 g/mol. The lowest BCUT2D eigenvalue weighted by Crippen LogP contribution is -3.00. The van der Waals surface area contributed by atoms with Crippen molar-refractivity contribution in [2.45, 2.75) is 6.54 Å². The van der Waals surface area contributed by atoms with Crippen molar-refractivity contribution in [3.05, 3.63) is 52.8 Å². The number of Topliss-reactive ketones (excluding diaryl/α,β-unsaturated/α-hetero) is 1. The van der Waals surface area contributed by atoms with Gasteiger partial charge in [0.15, 0.2) is 23.9 Å². The van der Waals surface area contributed by atoms with E-state index in [4.69, 9.17) is 0 Å². The molecule has 0 bridgehead atoms. The van der Waals surface area contributed by atoms with E-state index in [-0.39, 0.29) is 36.2 Å². The minimum atomic E-state index is -0.292. The molecule has 0 unspecified atom stereocenters. The van der Waals surface area contributed by atoms with Gasteiger partial charge in [-0.25, -0.2) is 0 Å². The van der Waals surface area contributed by atoms with Gasteiger partial charge in [0.05, 0.1) is 4.47 Å². The molecule has 2 N–H and O–H groups in total. The molecular formula is C13H11BrClNO3. The van der Waals surface area contributed by atoms with E-state index >= 15 is 0 Å². The molecule has 0 aliphatic carbocycles. The second-order valence-electron chi connectivity index (χ2n) is 3.82. The molecule has 0 saturated heterocycles. The Bertz CT molecular complexity index is 604. The van der Waals surface area contributed by atoms with Crippen LogP contribution in [0.25, 0.3) is 0 Å². The second-order valence-corrected chi connectivity index (χ2v) is 4.74. The van der Waals surface area contributed by atoms with Crippen LogP contribution in [0.5, 0.6) is 11.5 Å². The molecule has 1 heterocycles. The molecule has 19 heavy (non-hydrogen) atoms. The van der Waals surface area contributed by atoms with Gasteiger partial charge in [0.1, 0.15) is 0 Å². The first kappa shape index (κ1) is 15.5. The van der Waals surface area contributed by atoms with Crippen molar-refractivity contribution >= 4 is 21.7 Å². The van der Waals surface area contributed by atoms with Gasteiger partial charge in [0.25, 0.3) is 0 Å². The number of carbonyl (C=O) groups is 1. The van der Waals surface area contributed by atoms with Crippen molar-refractivity contribution in [2.75, 3.05) is 0 Å². The molecule has 2 rings (SSSR count). The number of hydrogen-bond donors (Lipinski definition) is 2. The number of nitrogens with zero attached hydrogens (tertiary/aromatic N) is 1. The third-order valence-electron chi connectivity index (χ3n) is 2.45. The lowest BCUT2D eigenvalue weighted by Gasteiger charge is -2.01. The maximum absolute atomic E-state index is 12.0. The zero-order valence-corrected chi connectivity index (χ0v) is 12.1. The molecule has 1 aromatic carbocycles. The van der Waals surface area contributed by atoms with Gasteiger partial charge < -0.3 is 22.6 Å². The van der Waals surface area contributed by atoms with Crippen LogP contribution in [0.4, 0.5) is 0 Å². The predicted octanol–water partition coefficient (Wildman–Crippen LogP) is -0.965. The minimum Gasteiger partial charge on any atom is -1.00 e. The molecule has 4 nitrogen and oxygen atoms in total. The molecule has 0 atom stereocenters. The number of hydrogen-bond acceptors (Lipinski definition) is 3. The summed E-state index contributed by atoms with van der Waals surface area (Å²) < 4.78 is 2.61. The molecule has 0 fully saturated rings. The smallest absolute Gasteiger partial charge is 0.227 e. The summed E-state index contributed by atoms with van der Waals surface area (Å²) in [5.74, 6) is -0.671. The lowest BCUT2D eigenvalue weighted by molar-refractivity contribution is -0.683. The third kappa shape index (κ3) is 3.94. The zero-order valence-electron chi connectivity index (χ0n) is 9.75. The van der Waals surface area contributed by atoms with Crippen LogP contribution < -0.4 is 17.0 Å². The molecule has 100 valence electrons. The Morgan fingerprint density at radius 3 is 2.58 bits per heavy atom. The highest BCUT2D eigenvalue weighted by Gasteiger charge is 2.14. The quantitative estimate of drug-likeness (QED) is 0.428. The number of carbonyl (C=O) groups excluding carboxylic acids is 1. The molecule has 0 amide bonds. The number of pyridine rings is 1. The van der Waals surface area contributed by atoms with Crippen LogP contribution in [0.3, 0.4) is 0 Å². The van der Waals surface area contributed by atoms with E-state index in [2.05, 4.69) is 15.9 Å². The molecule has 0 radical (unpaired) electrons. The standard InChI is InChI=1S/C13H10BrNO3.ClH/c14-10-2-1-5-15(7-10)8-13(18)9-3-4-11(16)12(17)6-9;/h1-7H,8H2,(H-,16,17,18);1H. The van der Waals surface area contributed by atoms with Crippen molar-refractivity contribution in [1.82, 2.24) is 0 Å². The molecular weight excluding hydrogens is 334 g/mol. The van der Waals surface area contributed by atoms with Crippen LogP contribution in [0.2, 0.25) is 0 Å². The summed E-state index contributed by atoms with van der Waals surface area (Å²) >= 11 is 3.32. The van der Waals surface area contributed by atoms with Gasteiger partial charge in [-0.15, -0.1) is 0 Å². The summed E-state index contributed by atoms with van der Waals surface area (Å²) in [6.45, 7) is 0.170. The van der Waals surface area contributed by atoms with E-state index in [9.17, 15) is 15.0 Å². The fourth-order valence-electron chi connectivity index (χ4n) is 1.54. The van der Waals surface area contributed by atoms with Crippen LogP contribution in [-0.4, -0.2) is 16.0 Å². The molecule has 2 aromatic rings. The van der Waals surface area contributed by atoms with Crippen molar-refractivity contribution < 1.29 is 32.0 Å². The monoisotopic (exact) mass is 343 g/mol. The topological polar surface area (TPSA) is 61.4 Å². The Morgan fingerprint density at radius 2 is 1.95 bits per heavy atom. The molecule has 0 saturated carbocycles. The third-order valence-corrected chi connectivity index (χ3v) is 2.91. The van der Waals surface area contributed by atoms with Gasteiger partial charge >= 0.3 is 0 Å². The van der Waals surface area contributed by atoms with Crippen LogP contribution in [0, 0.1) is 0 Å². The number of benzene rings is 1. The number of aromatic nitrogens is 1. The number of rotatable bonds is 3. The summed E-state index contributed by atoms with van der Waals surface area (Å²) in [4.78, 5) is 12.0. The molecule has 0 aliphatic heterocycles. The Balaban J connectivity index is 0.00000180. The highest BCUT2D eigenvalue weighted by molar-refractivity contribution is 9.10. The summed E-state index contributed by atoms with van der Waals surface area (Å²) in [6.07, 6.45) is 3.57. The first-order valence-electron chi connectivity index (χ1n) is 5.26. The van der Waals surface area contributed by atoms with Gasteiger partial charge in [0.2, 0.25) is 12.3 Å². The number of halogens is 2. The first-order chi connectivity index (χ1) is 8.56. The van der Waals surface area contributed by atoms with Gasteiger partial charge in [-0.05, 0) is 40.2 Å². The first-order valence-corrected chi connectivity index (χ1v) is 6.05. The molecule has 1 aromatic heterocycles. The average Bonchev–Trinajstić information content (AvgIpc) is 2.32. The van der Waals surface area contributed by atoms with Gasteiger partial charge in [-0.2, -0.15) is 4.57 Å². The van der Waals surface area contributed by atoms with Crippen molar-refractivity contribution in [3.63, 3.8) is 0 Å². The highest BCUT2D eigenvalue weighted by atomic mass is 79.9. The molecule has 6 heteroatoms. The summed E-state index contributed by atoms with van der Waals surface area (Å²) in [5.41, 5.74) is 0.359. The van der Waals surface area contributed by atoms with Crippen molar-refractivity contribution in [3.8, 4) is 11.5 Å². The van der Waals surface area contributed by atoms with Crippen molar-refractivity contribution in [2.24, 2.45) is 0 Å². The summed E-state index contributed by atoms with van der Waals surface area (Å²) in [6, 6.07) is 7.74. The maximum atomic E-state index is 12.0. The highest BCUT2D eigenvalue weighted by Crippen LogP contribution is 2.24. The lowest BCUT2D eigenvalue weighted by atomic mass is 10.1. The Kier molecular flexibility index (Phi) is 5.32. The minimum absolute atomic E-state index is 0. The Hall–Kier alpha value is -1.59. The second kappa shape index (κ2) is 6.54. The van der Waals surface area contributed by atoms with E-state index in [1.807, 2.05) is 12.1 Å². The zero-order chi connectivity index (χ0) is 13.1. The van der Waals surface area contributed by atoms with Gasteiger partial charge in [-0.3, -0.25) is 4.79 Å². The molecule has 0 spiro atoms. The predicted molar refractivity (Wildman–Crippen MR) is 68.4 cm³/mol. The van der Waals surface area contributed by atoms with Crippen LogP contribution in [0.15, 0.2) is 47.2 Å². The van der Waals surface area contributed by atoms with E-state index in [0.717, 1.165) is 4.47 Å². The maximum Gasteiger partial charge on any atom is 0.227 e. The van der Waals surface area contributed by atoms with E-state index in [0.29, 0.717) is 5.56 Å². The van der Waals surface area contributed by atoms with Crippen LogP contribution >= 0.6 is 15.9 Å². The van der Waals surface area contributed by atoms with Crippen LogP contribution in [-0.2, 0) is 6.54 Å². The summed E-state index contributed by atoms with van der Waals surface area (Å²) in [5, 5.41) is 18.5. The number of phenolic OH excluding ortho intramolecular Hbond substituents is 2. The van der Waals surface area contributed by atoms with E-state index < -0.39 is 0 Å². The number of ketones is 1. The SMILES string of the molecule is O=C(C[n+]1cccc(Br)c1)c1ccc(O)c(O)c1.[Cl-]. The fraction of sp³-hybridized carbons (Fsp3) is 0.0769. The number of phenols is 2. The van der Waals surface area contributed by atoms with E-state index in [1.54, 1.807) is 17.0 Å². The van der Waals surface area contributed by atoms with Crippen molar-refractivity contribution in [1.29, 1.82) is 0 Å². The van der Waals surface area contributed by atoms with Gasteiger partial charge in [-0.1, -0.05) is 0 Å². The number of aromatic hydroxyl groups is 2. The Morgan fingerprint density at radius 1 is 1.21 bits per heavy atom. The molecule has 0 aliphatic rings. The van der Waals surface area contributed by atoms with Crippen LogP contribution in [0.1, 0.15) is 10.4 Å². The fourth-order valence-corrected chi connectivity index (χ4v) is 1.96.